The van der Waals surface area contributed by atoms with E-state index in [-0.39, 0.29) is 18.2 Å². The quantitative estimate of drug-likeness (QED) is 0.0548. The van der Waals surface area contributed by atoms with E-state index in [1.807, 2.05) is 0 Å². The highest BCUT2D eigenvalue weighted by Gasteiger charge is 2.07. The molecule has 2 amide bonds. The van der Waals surface area contributed by atoms with Crippen molar-refractivity contribution in [2.75, 3.05) is 78.5 Å². The predicted molar refractivity (Wildman–Crippen MR) is 106 cm³/mol. The summed E-state index contributed by atoms with van der Waals surface area (Å²) >= 11 is 0. The number of hydrogen-bond donors (Lipinski definition) is 10. The molecule has 0 radical (unpaired) electrons. The molecule has 0 spiro atoms. The van der Waals surface area contributed by atoms with Gasteiger partial charge in [0.05, 0.1) is 0 Å². The molecule has 0 aliphatic rings. The fourth-order valence-corrected chi connectivity index (χ4v) is 1.92. The number of carbonyl (C=O) groups excluding carboxylic acids is 2. The molecule has 160 valence electrons. The van der Waals surface area contributed by atoms with Gasteiger partial charge in [-0.05, 0) is 0 Å². The molecule has 0 aromatic rings. The molecule has 0 rings (SSSR count). The molecule has 12 N–H and O–H groups in total. The first kappa shape index (κ1) is 25.6. The molecule has 0 heterocycles. The van der Waals surface area contributed by atoms with Crippen LogP contribution in [0.1, 0.15) is 6.42 Å². The van der Waals surface area contributed by atoms with Crippen LogP contribution >= 0.6 is 0 Å². The van der Waals surface area contributed by atoms with Gasteiger partial charge in [0.2, 0.25) is 11.8 Å². The van der Waals surface area contributed by atoms with Gasteiger partial charge in [-0.3, -0.25) is 20.4 Å². The Morgan fingerprint density at radius 1 is 0.519 bits per heavy atom. The van der Waals surface area contributed by atoms with Gasteiger partial charge in [0.25, 0.3) is 0 Å². The van der Waals surface area contributed by atoms with Crippen LogP contribution in [0.15, 0.2) is 0 Å². The van der Waals surface area contributed by atoms with E-state index in [1.165, 1.54) is 0 Å². The second-order valence-corrected chi connectivity index (χ2v) is 5.70. The van der Waals surface area contributed by atoms with Crippen LogP contribution in [0.25, 0.3) is 0 Å². The Balaban J connectivity index is 3.33. The molecule has 27 heavy (non-hydrogen) atoms. The van der Waals surface area contributed by atoms with E-state index in [2.05, 4.69) is 43.0 Å². The summed E-state index contributed by atoms with van der Waals surface area (Å²) < 4.78 is 0. The van der Waals surface area contributed by atoms with Gasteiger partial charge in [0.1, 0.15) is 6.42 Å². The van der Waals surface area contributed by atoms with Gasteiger partial charge in [-0.1, -0.05) is 0 Å². The van der Waals surface area contributed by atoms with Crippen LogP contribution in [0, 0.1) is 0 Å². The summed E-state index contributed by atoms with van der Waals surface area (Å²) in [5.74, 6) is -0.772. The molecular formula is C15H38N10O2. The molecule has 0 saturated carbocycles. The normalized spacial score (nSPS) is 10.7. The fraction of sp³-hybridized carbons (Fsp3) is 0.867. The van der Waals surface area contributed by atoms with Gasteiger partial charge in [0, 0.05) is 78.5 Å². The number of hydrogen-bond acceptors (Lipinski definition) is 10. The third-order valence-electron chi connectivity index (χ3n) is 3.23. The Kier molecular flexibility index (Phi) is 19.9. The lowest BCUT2D eigenvalue weighted by Crippen LogP contribution is -2.46. The van der Waals surface area contributed by atoms with E-state index >= 15 is 0 Å². The lowest BCUT2D eigenvalue weighted by molar-refractivity contribution is -0.130. The summed E-state index contributed by atoms with van der Waals surface area (Å²) in [5.41, 5.74) is 21.2. The maximum atomic E-state index is 11.6. The number of rotatable bonds is 20. The van der Waals surface area contributed by atoms with Gasteiger partial charge in [-0.2, -0.15) is 0 Å². The van der Waals surface area contributed by atoms with Gasteiger partial charge >= 0.3 is 0 Å². The molecule has 0 aromatic heterocycles. The van der Waals surface area contributed by atoms with Crippen molar-refractivity contribution in [3.8, 4) is 0 Å². The first-order chi connectivity index (χ1) is 13.2. The van der Waals surface area contributed by atoms with Gasteiger partial charge in [-0.25, -0.2) is 10.9 Å². The van der Waals surface area contributed by atoms with Crippen molar-refractivity contribution in [1.29, 1.82) is 0 Å². The van der Waals surface area contributed by atoms with Gasteiger partial charge in [0.15, 0.2) is 0 Å². The Labute approximate surface area is 161 Å². The zero-order valence-electron chi connectivity index (χ0n) is 16.2. The Hall–Kier alpha value is -1.38. The van der Waals surface area contributed by atoms with Crippen molar-refractivity contribution >= 4 is 11.8 Å². The van der Waals surface area contributed by atoms with Crippen LogP contribution in [-0.2, 0) is 9.59 Å². The molecule has 0 aromatic carbocycles. The number of nitrogens with two attached hydrogens (primary N) is 2. The van der Waals surface area contributed by atoms with Gasteiger partial charge < -0.3 is 32.7 Å². The molecule has 0 unspecified atom stereocenters. The van der Waals surface area contributed by atoms with Crippen molar-refractivity contribution < 1.29 is 9.59 Å². The number of amides is 2. The predicted octanol–water partition coefficient (Wildman–Crippen LogP) is -5.11. The second kappa shape index (κ2) is 20.9. The largest absolute Gasteiger partial charge is 0.329 e. The third kappa shape index (κ3) is 20.8. The minimum atomic E-state index is -0.386. The topological polar surface area (TPSA) is 182 Å². The lowest BCUT2D eigenvalue weighted by Gasteiger charge is -2.10. The minimum Gasteiger partial charge on any atom is -0.329 e. The van der Waals surface area contributed by atoms with Crippen molar-refractivity contribution in [1.82, 2.24) is 43.0 Å². The van der Waals surface area contributed by atoms with E-state index in [1.54, 1.807) is 0 Å². The minimum absolute atomic E-state index is 0.243. The summed E-state index contributed by atoms with van der Waals surface area (Å²) in [6, 6.07) is 0. The SMILES string of the molecule is NCCNCCNCCNNC(=O)CC(=O)NNCCNCCNCCN. The Bertz CT molecular complexity index is 327. The Morgan fingerprint density at radius 3 is 1.22 bits per heavy atom. The number of carbonyl (C=O) groups is 2. The summed E-state index contributed by atoms with van der Waals surface area (Å²) in [6.45, 7) is 8.72. The molecule has 0 aliphatic carbocycles. The van der Waals surface area contributed by atoms with E-state index in [0.717, 1.165) is 39.3 Å². The Morgan fingerprint density at radius 2 is 0.852 bits per heavy atom. The second-order valence-electron chi connectivity index (χ2n) is 5.70. The highest BCUT2D eigenvalue weighted by Crippen LogP contribution is 1.77. The van der Waals surface area contributed by atoms with E-state index in [9.17, 15) is 9.59 Å². The maximum Gasteiger partial charge on any atom is 0.243 e. The van der Waals surface area contributed by atoms with Crippen molar-refractivity contribution in [3.05, 3.63) is 0 Å². The van der Waals surface area contributed by atoms with Crippen LogP contribution in [0.5, 0.6) is 0 Å². The molecule has 0 bridgehead atoms. The molecule has 12 nitrogen and oxygen atoms in total. The summed E-state index contributed by atoms with van der Waals surface area (Å²) in [7, 11) is 0. The van der Waals surface area contributed by atoms with Crippen LogP contribution in [0.3, 0.4) is 0 Å². The summed E-state index contributed by atoms with van der Waals surface area (Å²) in [5, 5.41) is 12.7. The van der Waals surface area contributed by atoms with Crippen molar-refractivity contribution in [2.24, 2.45) is 11.5 Å². The van der Waals surface area contributed by atoms with Crippen LogP contribution in [0.4, 0.5) is 0 Å². The van der Waals surface area contributed by atoms with Crippen LogP contribution in [-0.4, -0.2) is 90.4 Å². The van der Waals surface area contributed by atoms with E-state index in [0.29, 0.717) is 39.3 Å². The lowest BCUT2D eigenvalue weighted by atomic mass is 10.4. The molecular weight excluding hydrogens is 352 g/mol. The number of nitrogens with one attached hydrogen (secondary N) is 8. The maximum absolute atomic E-state index is 11.6. The van der Waals surface area contributed by atoms with Crippen LogP contribution in [0.2, 0.25) is 0 Å². The van der Waals surface area contributed by atoms with Crippen molar-refractivity contribution in [3.63, 3.8) is 0 Å². The first-order valence-electron chi connectivity index (χ1n) is 9.47. The standard InChI is InChI=1S/C15H38N10O2/c16-1-3-18-5-7-20-9-11-22-24-14(26)13-15(27)25-23-12-10-21-8-6-19-4-2-17/h18-23H,1-13,16-17H2,(H,24,26)(H,25,27). The molecule has 12 heteroatoms. The third-order valence-corrected chi connectivity index (χ3v) is 3.23. The van der Waals surface area contributed by atoms with E-state index < -0.39 is 0 Å². The molecule has 0 atom stereocenters. The average Bonchev–Trinajstić information content (AvgIpc) is 2.65. The molecule has 0 aliphatic heterocycles. The fourth-order valence-electron chi connectivity index (χ4n) is 1.92. The highest BCUT2D eigenvalue weighted by molar-refractivity contribution is 5.96. The zero-order chi connectivity index (χ0) is 20.0. The summed E-state index contributed by atoms with van der Waals surface area (Å²) in [6.07, 6.45) is -0.243. The monoisotopic (exact) mass is 390 g/mol. The highest BCUT2D eigenvalue weighted by atomic mass is 16.2. The van der Waals surface area contributed by atoms with Crippen LogP contribution < -0.4 is 54.4 Å². The zero-order valence-corrected chi connectivity index (χ0v) is 16.2. The molecule has 0 fully saturated rings. The average molecular weight is 391 g/mol. The first-order valence-corrected chi connectivity index (χ1v) is 9.47. The smallest absolute Gasteiger partial charge is 0.243 e. The van der Waals surface area contributed by atoms with Crippen molar-refractivity contribution in [2.45, 2.75) is 6.42 Å². The van der Waals surface area contributed by atoms with Gasteiger partial charge in [-0.15, -0.1) is 0 Å². The summed E-state index contributed by atoms with van der Waals surface area (Å²) in [4.78, 5) is 23.2. The van der Waals surface area contributed by atoms with E-state index in [4.69, 9.17) is 11.5 Å². The number of hydrazine groups is 2. The molecule has 0 saturated heterocycles.